The number of benzene rings is 1. The number of halogens is 2. The van der Waals surface area contributed by atoms with Crippen LogP contribution in [0.1, 0.15) is 37.4 Å². The molecular formula is C13H13F2N3. The lowest BCUT2D eigenvalue weighted by molar-refractivity contribution is 0.585. The summed E-state index contributed by atoms with van der Waals surface area (Å²) < 4.78 is 26.4. The predicted molar refractivity (Wildman–Crippen MR) is 62.9 cm³/mol. The van der Waals surface area contributed by atoms with Crippen molar-refractivity contribution in [2.24, 2.45) is 0 Å². The Morgan fingerprint density at radius 2 is 1.94 bits per heavy atom. The molecule has 0 aliphatic heterocycles. The highest BCUT2D eigenvalue weighted by molar-refractivity contribution is 5.55. The summed E-state index contributed by atoms with van der Waals surface area (Å²) in [6, 6.07) is 3.43. The van der Waals surface area contributed by atoms with Gasteiger partial charge in [-0.25, -0.2) is 13.8 Å². The van der Waals surface area contributed by atoms with Gasteiger partial charge in [-0.1, -0.05) is 12.8 Å². The van der Waals surface area contributed by atoms with Gasteiger partial charge in [0.1, 0.15) is 17.5 Å². The molecule has 1 heterocycles. The molecule has 0 spiro atoms. The number of nitrogens with zero attached hydrogens (tertiary/aromatic N) is 2. The number of hydrogen-bond donors (Lipinski definition) is 1. The molecule has 1 aromatic carbocycles. The molecule has 5 heteroatoms. The summed E-state index contributed by atoms with van der Waals surface area (Å²) in [5, 5.41) is 6.89. The van der Waals surface area contributed by atoms with E-state index in [4.69, 9.17) is 0 Å². The second-order valence-corrected chi connectivity index (χ2v) is 4.65. The van der Waals surface area contributed by atoms with Gasteiger partial charge in [-0.3, -0.25) is 5.10 Å². The highest BCUT2D eigenvalue weighted by Crippen LogP contribution is 2.32. The van der Waals surface area contributed by atoms with Crippen LogP contribution in [0.3, 0.4) is 0 Å². The van der Waals surface area contributed by atoms with Crippen LogP contribution in [0.15, 0.2) is 18.2 Å². The van der Waals surface area contributed by atoms with Crippen LogP contribution < -0.4 is 0 Å². The molecule has 0 bridgehead atoms. The average molecular weight is 249 g/mol. The monoisotopic (exact) mass is 249 g/mol. The fourth-order valence-corrected chi connectivity index (χ4v) is 2.45. The maximum atomic E-state index is 13.6. The number of hydrogen-bond acceptors (Lipinski definition) is 2. The minimum Gasteiger partial charge on any atom is -0.262 e. The van der Waals surface area contributed by atoms with Gasteiger partial charge in [-0.15, -0.1) is 0 Å². The Bertz CT molecular complexity index is 559. The van der Waals surface area contributed by atoms with Crippen molar-refractivity contribution >= 4 is 0 Å². The van der Waals surface area contributed by atoms with Crippen molar-refractivity contribution in [3.8, 4) is 11.4 Å². The SMILES string of the molecule is Fc1ccc(-c2n[nH]c(C3CCCC3)n2)c(F)c1. The van der Waals surface area contributed by atoms with Crippen LogP contribution >= 0.6 is 0 Å². The van der Waals surface area contributed by atoms with Gasteiger partial charge in [-0.05, 0) is 25.0 Å². The molecular weight excluding hydrogens is 236 g/mol. The smallest absolute Gasteiger partial charge is 0.184 e. The molecule has 1 fully saturated rings. The van der Waals surface area contributed by atoms with E-state index in [1.807, 2.05) is 0 Å². The Labute approximate surface area is 103 Å². The normalized spacial score (nSPS) is 16.3. The van der Waals surface area contributed by atoms with Crippen LogP contribution in [0, 0.1) is 11.6 Å². The van der Waals surface area contributed by atoms with Gasteiger partial charge in [0.05, 0.1) is 5.56 Å². The first-order chi connectivity index (χ1) is 8.74. The minimum atomic E-state index is -0.632. The quantitative estimate of drug-likeness (QED) is 0.886. The molecule has 94 valence electrons. The van der Waals surface area contributed by atoms with E-state index in [2.05, 4.69) is 15.2 Å². The summed E-state index contributed by atoms with van der Waals surface area (Å²) in [6.07, 6.45) is 4.60. The van der Waals surface area contributed by atoms with Gasteiger partial charge < -0.3 is 0 Å². The maximum Gasteiger partial charge on any atom is 0.184 e. The molecule has 0 saturated heterocycles. The van der Waals surface area contributed by atoms with Gasteiger partial charge in [0.25, 0.3) is 0 Å². The molecule has 1 saturated carbocycles. The van der Waals surface area contributed by atoms with Crippen molar-refractivity contribution in [1.82, 2.24) is 15.2 Å². The first kappa shape index (κ1) is 11.3. The zero-order valence-electron chi connectivity index (χ0n) is 9.79. The minimum absolute atomic E-state index is 0.233. The Kier molecular flexibility index (Phi) is 2.81. The molecule has 3 nitrogen and oxygen atoms in total. The Morgan fingerprint density at radius 3 is 2.67 bits per heavy atom. The molecule has 0 unspecified atom stereocenters. The Hall–Kier alpha value is -1.78. The zero-order chi connectivity index (χ0) is 12.5. The molecule has 2 aromatic rings. The second-order valence-electron chi connectivity index (χ2n) is 4.65. The fraction of sp³-hybridized carbons (Fsp3) is 0.385. The summed E-state index contributed by atoms with van der Waals surface area (Å²) in [7, 11) is 0. The van der Waals surface area contributed by atoms with Crippen molar-refractivity contribution in [2.75, 3.05) is 0 Å². The van der Waals surface area contributed by atoms with Crippen molar-refractivity contribution < 1.29 is 8.78 Å². The van der Waals surface area contributed by atoms with Gasteiger partial charge in [-0.2, -0.15) is 5.10 Å². The molecule has 1 aromatic heterocycles. The second kappa shape index (κ2) is 4.48. The third-order valence-corrected chi connectivity index (χ3v) is 3.42. The highest BCUT2D eigenvalue weighted by atomic mass is 19.1. The van der Waals surface area contributed by atoms with E-state index in [-0.39, 0.29) is 5.56 Å². The van der Waals surface area contributed by atoms with E-state index >= 15 is 0 Å². The Morgan fingerprint density at radius 1 is 1.17 bits per heavy atom. The highest BCUT2D eigenvalue weighted by Gasteiger charge is 2.21. The summed E-state index contributed by atoms with van der Waals surface area (Å²) >= 11 is 0. The number of aromatic amines is 1. The van der Waals surface area contributed by atoms with Gasteiger partial charge in [0.15, 0.2) is 5.82 Å². The molecule has 0 atom stereocenters. The Balaban J connectivity index is 1.92. The third-order valence-electron chi connectivity index (χ3n) is 3.42. The van der Waals surface area contributed by atoms with Crippen LogP contribution in [0.4, 0.5) is 8.78 Å². The predicted octanol–water partition coefficient (Wildman–Crippen LogP) is 3.41. The molecule has 0 amide bonds. The molecule has 18 heavy (non-hydrogen) atoms. The largest absolute Gasteiger partial charge is 0.262 e. The topological polar surface area (TPSA) is 41.6 Å². The molecule has 1 aliphatic rings. The number of nitrogens with one attached hydrogen (secondary N) is 1. The van der Waals surface area contributed by atoms with Crippen molar-refractivity contribution in [1.29, 1.82) is 0 Å². The molecule has 3 rings (SSSR count). The van der Waals surface area contributed by atoms with Crippen LogP contribution in [-0.4, -0.2) is 15.2 Å². The summed E-state index contributed by atoms with van der Waals surface area (Å²) in [6.45, 7) is 0. The van der Waals surface area contributed by atoms with Crippen LogP contribution in [0.25, 0.3) is 11.4 Å². The number of rotatable bonds is 2. The number of H-pyrrole nitrogens is 1. The number of aromatic nitrogens is 3. The van der Waals surface area contributed by atoms with Crippen LogP contribution in [-0.2, 0) is 0 Å². The molecule has 0 radical (unpaired) electrons. The van der Waals surface area contributed by atoms with Crippen LogP contribution in [0.5, 0.6) is 0 Å². The summed E-state index contributed by atoms with van der Waals surface area (Å²) in [5.41, 5.74) is 0.233. The van der Waals surface area contributed by atoms with Crippen molar-refractivity contribution in [3.05, 3.63) is 35.7 Å². The third kappa shape index (κ3) is 2.00. The first-order valence-corrected chi connectivity index (χ1v) is 6.12. The summed E-state index contributed by atoms with van der Waals surface area (Å²) in [4.78, 5) is 4.32. The lowest BCUT2D eigenvalue weighted by Gasteiger charge is -2.02. The van der Waals surface area contributed by atoms with E-state index < -0.39 is 11.6 Å². The average Bonchev–Trinajstić information content (AvgIpc) is 2.99. The van der Waals surface area contributed by atoms with E-state index in [9.17, 15) is 8.78 Å². The van der Waals surface area contributed by atoms with E-state index in [0.29, 0.717) is 11.7 Å². The van der Waals surface area contributed by atoms with Gasteiger partial charge >= 0.3 is 0 Å². The van der Waals surface area contributed by atoms with E-state index in [0.717, 1.165) is 24.7 Å². The van der Waals surface area contributed by atoms with Gasteiger partial charge in [0, 0.05) is 12.0 Å². The van der Waals surface area contributed by atoms with Gasteiger partial charge in [0.2, 0.25) is 0 Å². The first-order valence-electron chi connectivity index (χ1n) is 6.12. The molecule has 1 aliphatic carbocycles. The van der Waals surface area contributed by atoms with Crippen LogP contribution in [0.2, 0.25) is 0 Å². The van der Waals surface area contributed by atoms with Crippen molar-refractivity contribution in [2.45, 2.75) is 31.6 Å². The van der Waals surface area contributed by atoms with E-state index in [1.165, 1.54) is 25.0 Å². The van der Waals surface area contributed by atoms with Crippen molar-refractivity contribution in [3.63, 3.8) is 0 Å². The lowest BCUT2D eigenvalue weighted by atomic mass is 10.1. The summed E-state index contributed by atoms with van der Waals surface area (Å²) in [5.74, 6) is 0.283. The maximum absolute atomic E-state index is 13.6. The lowest BCUT2D eigenvalue weighted by Crippen LogP contribution is -1.94. The standard InChI is InChI=1S/C13H13F2N3/c14-9-5-6-10(11(15)7-9)13-16-12(17-18-13)8-3-1-2-4-8/h5-8H,1-4H2,(H,16,17,18). The van der Waals surface area contributed by atoms with E-state index in [1.54, 1.807) is 0 Å². The zero-order valence-corrected chi connectivity index (χ0v) is 9.79. The molecule has 1 N–H and O–H groups in total. The fourth-order valence-electron chi connectivity index (χ4n) is 2.45.